The van der Waals surface area contributed by atoms with Crippen LogP contribution in [0.5, 0.6) is 0 Å². The molecular weight excluding hydrogens is 293 g/mol. The first-order chi connectivity index (χ1) is 10.9. The molecule has 23 heavy (non-hydrogen) atoms. The number of carbonyl (C=O) groups excluding carboxylic acids is 1. The monoisotopic (exact) mass is 309 g/mol. The highest BCUT2D eigenvalue weighted by atomic mass is 19.1. The van der Waals surface area contributed by atoms with Crippen LogP contribution in [-0.2, 0) is 10.2 Å². The average Bonchev–Trinajstić information content (AvgIpc) is 2.88. The van der Waals surface area contributed by atoms with Crippen LogP contribution in [0.4, 0.5) is 10.1 Å². The molecule has 1 amide bonds. The van der Waals surface area contributed by atoms with Gasteiger partial charge in [0.1, 0.15) is 11.6 Å². The first-order valence-electron chi connectivity index (χ1n) is 7.52. The number of rotatable bonds is 1. The minimum atomic E-state index is -0.299. The van der Waals surface area contributed by atoms with Crippen molar-refractivity contribution in [3.63, 3.8) is 0 Å². The Bertz CT molecular complexity index is 943. The van der Waals surface area contributed by atoms with Crippen molar-refractivity contribution in [2.45, 2.75) is 25.7 Å². The van der Waals surface area contributed by atoms with Crippen molar-refractivity contribution in [2.75, 3.05) is 5.32 Å². The standard InChI is InChI=1S/C18H16FN3O/c1-18(2)9-16(23)20-14-7-10(3-5-12(14)18)17-21-13-6-4-11(19)8-15(13)22-17/h3-8H,9H2,1-2H3,(H,20,23)(H,21,22). The first-order valence-corrected chi connectivity index (χ1v) is 7.52. The summed E-state index contributed by atoms with van der Waals surface area (Å²) in [5.41, 5.74) is 3.97. The summed E-state index contributed by atoms with van der Waals surface area (Å²) in [5, 5.41) is 2.93. The molecular formula is C18H16FN3O. The number of carbonyl (C=O) groups is 1. The second kappa shape index (κ2) is 4.65. The zero-order valence-corrected chi connectivity index (χ0v) is 12.9. The molecule has 0 fully saturated rings. The lowest BCUT2D eigenvalue weighted by Crippen LogP contribution is -2.32. The number of imidazole rings is 1. The number of amides is 1. The van der Waals surface area contributed by atoms with Gasteiger partial charge in [-0.2, -0.15) is 0 Å². The van der Waals surface area contributed by atoms with E-state index in [4.69, 9.17) is 0 Å². The Hall–Kier alpha value is -2.69. The number of hydrogen-bond donors (Lipinski definition) is 2. The summed E-state index contributed by atoms with van der Waals surface area (Å²) in [6, 6.07) is 10.4. The van der Waals surface area contributed by atoms with Gasteiger partial charge in [0, 0.05) is 23.1 Å². The largest absolute Gasteiger partial charge is 0.338 e. The van der Waals surface area contributed by atoms with Crippen LogP contribution in [0.2, 0.25) is 0 Å². The number of hydrogen-bond acceptors (Lipinski definition) is 2. The van der Waals surface area contributed by atoms with E-state index in [1.807, 2.05) is 18.2 Å². The lowest BCUT2D eigenvalue weighted by atomic mass is 9.77. The van der Waals surface area contributed by atoms with Crippen LogP contribution >= 0.6 is 0 Å². The SMILES string of the molecule is CC1(C)CC(=O)Nc2cc(-c3nc4ccc(F)cc4[nH]3)ccc21. The zero-order chi connectivity index (χ0) is 16.2. The third kappa shape index (κ3) is 2.29. The minimum Gasteiger partial charge on any atom is -0.338 e. The van der Waals surface area contributed by atoms with E-state index < -0.39 is 0 Å². The molecule has 0 atom stereocenters. The quantitative estimate of drug-likeness (QED) is 0.714. The van der Waals surface area contributed by atoms with Gasteiger partial charge in [-0.3, -0.25) is 4.79 Å². The van der Waals surface area contributed by atoms with E-state index in [1.54, 1.807) is 6.07 Å². The highest BCUT2D eigenvalue weighted by Crippen LogP contribution is 2.38. The fourth-order valence-electron chi connectivity index (χ4n) is 3.19. The summed E-state index contributed by atoms with van der Waals surface area (Å²) in [6.07, 6.45) is 0.475. The Morgan fingerprint density at radius 3 is 2.83 bits per heavy atom. The maximum Gasteiger partial charge on any atom is 0.225 e. The number of H-pyrrole nitrogens is 1. The number of aromatic amines is 1. The third-order valence-electron chi connectivity index (χ3n) is 4.34. The Labute approximate surface area is 132 Å². The van der Waals surface area contributed by atoms with Crippen molar-refractivity contribution in [1.82, 2.24) is 9.97 Å². The van der Waals surface area contributed by atoms with Gasteiger partial charge in [-0.25, -0.2) is 9.37 Å². The van der Waals surface area contributed by atoms with E-state index in [-0.39, 0.29) is 17.1 Å². The molecule has 1 aromatic heterocycles. The summed E-state index contributed by atoms with van der Waals surface area (Å²) in [7, 11) is 0. The van der Waals surface area contributed by atoms with Gasteiger partial charge in [0.15, 0.2) is 0 Å². The van der Waals surface area contributed by atoms with Crippen LogP contribution in [0.1, 0.15) is 25.8 Å². The summed E-state index contributed by atoms with van der Waals surface area (Å²) in [6.45, 7) is 4.13. The first kappa shape index (κ1) is 13.9. The van der Waals surface area contributed by atoms with Crippen molar-refractivity contribution in [3.05, 3.63) is 47.8 Å². The molecule has 4 nitrogen and oxygen atoms in total. The number of nitrogens with zero attached hydrogens (tertiary/aromatic N) is 1. The van der Waals surface area contributed by atoms with Crippen LogP contribution in [0.25, 0.3) is 22.4 Å². The van der Waals surface area contributed by atoms with Crippen LogP contribution in [0, 0.1) is 5.82 Å². The molecule has 116 valence electrons. The molecule has 5 heteroatoms. The van der Waals surface area contributed by atoms with Crippen LogP contribution in [0.15, 0.2) is 36.4 Å². The molecule has 2 N–H and O–H groups in total. The van der Waals surface area contributed by atoms with Gasteiger partial charge >= 0.3 is 0 Å². The molecule has 1 aliphatic rings. The van der Waals surface area contributed by atoms with Crippen molar-refractivity contribution in [1.29, 1.82) is 0 Å². The molecule has 1 aliphatic heterocycles. The fourth-order valence-corrected chi connectivity index (χ4v) is 3.19. The molecule has 2 heterocycles. The molecule has 3 aromatic rings. The van der Waals surface area contributed by atoms with Crippen molar-refractivity contribution in [3.8, 4) is 11.4 Å². The van der Waals surface area contributed by atoms with Crippen LogP contribution in [-0.4, -0.2) is 15.9 Å². The summed E-state index contributed by atoms with van der Waals surface area (Å²) >= 11 is 0. The second-order valence-electron chi connectivity index (χ2n) is 6.62. The van der Waals surface area contributed by atoms with Crippen molar-refractivity contribution < 1.29 is 9.18 Å². The lowest BCUT2D eigenvalue weighted by molar-refractivity contribution is -0.117. The molecule has 0 saturated carbocycles. The van der Waals surface area contributed by atoms with Crippen LogP contribution < -0.4 is 5.32 Å². The number of nitrogens with one attached hydrogen (secondary N) is 2. The molecule has 2 aromatic carbocycles. The molecule has 0 radical (unpaired) electrons. The Morgan fingerprint density at radius 1 is 1.17 bits per heavy atom. The highest BCUT2D eigenvalue weighted by Gasteiger charge is 2.32. The van der Waals surface area contributed by atoms with Crippen LogP contribution in [0.3, 0.4) is 0 Å². The number of benzene rings is 2. The summed E-state index contributed by atoms with van der Waals surface area (Å²) in [4.78, 5) is 19.5. The van der Waals surface area contributed by atoms with E-state index >= 15 is 0 Å². The molecule has 0 unspecified atom stereocenters. The lowest BCUT2D eigenvalue weighted by Gasteiger charge is -2.32. The molecule has 0 spiro atoms. The highest BCUT2D eigenvalue weighted by molar-refractivity contribution is 5.96. The minimum absolute atomic E-state index is 0.0197. The van der Waals surface area contributed by atoms with Gasteiger partial charge in [0.05, 0.1) is 11.0 Å². The second-order valence-corrected chi connectivity index (χ2v) is 6.62. The summed E-state index contributed by atoms with van der Waals surface area (Å²) in [5.74, 6) is 0.379. The molecule has 4 rings (SSSR count). The molecule has 0 bridgehead atoms. The Kier molecular flexibility index (Phi) is 2.82. The van der Waals surface area contributed by atoms with Gasteiger partial charge in [-0.15, -0.1) is 0 Å². The molecule has 0 aliphatic carbocycles. The van der Waals surface area contributed by atoms with Gasteiger partial charge < -0.3 is 10.3 Å². The summed E-state index contributed by atoms with van der Waals surface area (Å²) < 4.78 is 13.3. The number of halogens is 1. The van der Waals surface area contributed by atoms with E-state index in [0.29, 0.717) is 23.3 Å². The zero-order valence-electron chi connectivity index (χ0n) is 12.9. The van der Waals surface area contributed by atoms with Gasteiger partial charge in [0.25, 0.3) is 0 Å². The number of aromatic nitrogens is 2. The van der Waals surface area contributed by atoms with E-state index in [1.165, 1.54) is 12.1 Å². The van der Waals surface area contributed by atoms with Crippen molar-refractivity contribution in [2.24, 2.45) is 0 Å². The topological polar surface area (TPSA) is 57.8 Å². The fraction of sp³-hybridized carbons (Fsp3) is 0.222. The molecule has 0 saturated heterocycles. The van der Waals surface area contributed by atoms with Crippen molar-refractivity contribution >= 4 is 22.6 Å². The smallest absolute Gasteiger partial charge is 0.225 e. The van der Waals surface area contributed by atoms with E-state index in [9.17, 15) is 9.18 Å². The maximum absolute atomic E-state index is 13.3. The van der Waals surface area contributed by atoms with E-state index in [0.717, 1.165) is 16.8 Å². The third-order valence-corrected chi connectivity index (χ3v) is 4.34. The maximum atomic E-state index is 13.3. The Morgan fingerprint density at radius 2 is 2.00 bits per heavy atom. The number of fused-ring (bicyclic) bond motifs is 2. The van der Waals surface area contributed by atoms with Gasteiger partial charge in [-0.05, 0) is 29.8 Å². The Balaban J connectivity index is 1.83. The average molecular weight is 309 g/mol. The predicted molar refractivity (Wildman–Crippen MR) is 87.8 cm³/mol. The van der Waals surface area contributed by atoms with E-state index in [2.05, 4.69) is 29.1 Å². The normalized spacial score (nSPS) is 16.2. The number of anilines is 1. The van der Waals surface area contributed by atoms with Gasteiger partial charge in [-0.1, -0.05) is 26.0 Å². The predicted octanol–water partition coefficient (Wildman–Crippen LogP) is 3.99. The van der Waals surface area contributed by atoms with Gasteiger partial charge in [0.2, 0.25) is 5.91 Å².